The molecule has 1 amide bonds. The second-order valence-electron chi connectivity index (χ2n) is 7.26. The number of amides is 1. The highest BCUT2D eigenvalue weighted by atomic mass is 19.1. The van der Waals surface area contributed by atoms with Gasteiger partial charge in [0, 0.05) is 13.5 Å². The van der Waals surface area contributed by atoms with Crippen molar-refractivity contribution in [2.45, 2.75) is 45.8 Å². The molecular formula is C18H23BFNO5. The standard InChI is InChI=1S/C18H23BFNO5/c1-11(22)21-10-13(19-25-17(2,3)18(4,5)26-19)8-12-6-7-14(16(23)24)15(20)9-12/h6-9H,10H2,1-5H3,(H,21,22)(H,23,24). The molecule has 1 saturated heterocycles. The number of aromatic carboxylic acids is 1. The fraction of sp³-hybridized carbons (Fsp3) is 0.444. The molecule has 1 fully saturated rings. The van der Waals surface area contributed by atoms with Crippen LogP contribution in [0.25, 0.3) is 6.08 Å². The smallest absolute Gasteiger partial charge is 0.478 e. The van der Waals surface area contributed by atoms with Crippen LogP contribution in [0, 0.1) is 5.82 Å². The zero-order valence-corrected chi connectivity index (χ0v) is 15.6. The van der Waals surface area contributed by atoms with Gasteiger partial charge in [0.05, 0.1) is 16.8 Å². The van der Waals surface area contributed by atoms with Crippen molar-refractivity contribution in [3.63, 3.8) is 0 Å². The van der Waals surface area contributed by atoms with Crippen LogP contribution in [0.2, 0.25) is 0 Å². The van der Waals surface area contributed by atoms with E-state index >= 15 is 0 Å². The van der Waals surface area contributed by atoms with Gasteiger partial charge in [-0.15, -0.1) is 0 Å². The SMILES string of the molecule is CC(=O)NCC(=Cc1ccc(C(=O)O)c(F)c1)B1OC(C)(C)C(C)(C)O1. The molecule has 0 bridgehead atoms. The average molecular weight is 363 g/mol. The fourth-order valence-electron chi connectivity index (χ4n) is 2.43. The lowest BCUT2D eigenvalue weighted by atomic mass is 9.77. The first-order chi connectivity index (χ1) is 11.9. The summed E-state index contributed by atoms with van der Waals surface area (Å²) in [6.07, 6.45) is 1.63. The third-order valence-corrected chi connectivity index (χ3v) is 4.67. The second kappa shape index (κ2) is 7.21. The van der Waals surface area contributed by atoms with Crippen LogP contribution >= 0.6 is 0 Å². The van der Waals surface area contributed by atoms with E-state index in [1.165, 1.54) is 19.1 Å². The average Bonchev–Trinajstić information content (AvgIpc) is 2.71. The van der Waals surface area contributed by atoms with Gasteiger partial charge in [0.1, 0.15) is 5.82 Å². The van der Waals surface area contributed by atoms with Gasteiger partial charge < -0.3 is 19.7 Å². The number of hydrogen-bond donors (Lipinski definition) is 2. The van der Waals surface area contributed by atoms with Crippen LogP contribution in [-0.2, 0) is 14.1 Å². The zero-order valence-electron chi connectivity index (χ0n) is 15.6. The molecule has 1 aliphatic heterocycles. The van der Waals surface area contributed by atoms with Crippen molar-refractivity contribution in [3.8, 4) is 0 Å². The Morgan fingerprint density at radius 3 is 2.27 bits per heavy atom. The van der Waals surface area contributed by atoms with Crippen LogP contribution in [0.3, 0.4) is 0 Å². The van der Waals surface area contributed by atoms with Gasteiger partial charge in [0.2, 0.25) is 5.91 Å². The molecule has 2 N–H and O–H groups in total. The number of carboxylic acids is 1. The Labute approximate surface area is 152 Å². The molecule has 1 aromatic carbocycles. The number of halogens is 1. The van der Waals surface area contributed by atoms with Crippen LogP contribution in [0.15, 0.2) is 23.7 Å². The number of hydrogen-bond acceptors (Lipinski definition) is 4. The summed E-state index contributed by atoms with van der Waals surface area (Å²) in [5.74, 6) is -2.39. The van der Waals surface area contributed by atoms with Gasteiger partial charge in [-0.2, -0.15) is 0 Å². The molecule has 0 saturated carbocycles. The predicted octanol–water partition coefficient (Wildman–Crippen LogP) is 2.67. The maximum absolute atomic E-state index is 13.9. The van der Waals surface area contributed by atoms with Crippen LogP contribution in [0.1, 0.15) is 50.5 Å². The van der Waals surface area contributed by atoms with Crippen molar-refractivity contribution >= 4 is 25.1 Å². The number of carbonyl (C=O) groups is 2. The molecule has 6 nitrogen and oxygen atoms in total. The Bertz CT molecular complexity index is 744. The molecule has 0 spiro atoms. The highest BCUT2D eigenvalue weighted by molar-refractivity contribution is 6.56. The molecule has 1 aliphatic rings. The molecule has 1 aromatic rings. The normalized spacial score (nSPS) is 18.7. The minimum absolute atomic E-state index is 0.161. The Kier molecular flexibility index (Phi) is 5.58. The van der Waals surface area contributed by atoms with Gasteiger partial charge in [-0.25, -0.2) is 9.18 Å². The first kappa shape index (κ1) is 20.1. The highest BCUT2D eigenvalue weighted by Gasteiger charge is 2.52. The first-order valence-electron chi connectivity index (χ1n) is 8.26. The number of carboxylic acid groups (broad SMARTS) is 1. The van der Waals surface area contributed by atoms with E-state index < -0.39 is 35.7 Å². The Balaban J connectivity index is 2.36. The van der Waals surface area contributed by atoms with Crippen molar-refractivity contribution in [1.82, 2.24) is 5.32 Å². The van der Waals surface area contributed by atoms with Gasteiger partial charge in [0.25, 0.3) is 0 Å². The highest BCUT2D eigenvalue weighted by Crippen LogP contribution is 2.38. The molecule has 2 rings (SSSR count). The third-order valence-electron chi connectivity index (χ3n) is 4.67. The van der Waals surface area contributed by atoms with Crippen LogP contribution < -0.4 is 5.32 Å². The molecule has 26 heavy (non-hydrogen) atoms. The van der Waals surface area contributed by atoms with Crippen LogP contribution in [0.5, 0.6) is 0 Å². The van der Waals surface area contributed by atoms with Gasteiger partial charge in [-0.3, -0.25) is 4.79 Å². The largest absolute Gasteiger partial charge is 0.492 e. The van der Waals surface area contributed by atoms with Gasteiger partial charge >= 0.3 is 13.1 Å². The topological polar surface area (TPSA) is 84.9 Å². The molecule has 140 valence electrons. The third kappa shape index (κ3) is 4.31. The zero-order chi connectivity index (χ0) is 19.7. The summed E-state index contributed by atoms with van der Waals surface area (Å²) < 4.78 is 25.9. The molecular weight excluding hydrogens is 340 g/mol. The van der Waals surface area contributed by atoms with E-state index in [2.05, 4.69) is 5.32 Å². The van der Waals surface area contributed by atoms with Crippen LogP contribution in [-0.4, -0.2) is 41.8 Å². The summed E-state index contributed by atoms with van der Waals surface area (Å²) in [5.41, 5.74) is -0.485. The molecule has 0 aromatic heterocycles. The van der Waals surface area contributed by atoms with Crippen molar-refractivity contribution in [2.24, 2.45) is 0 Å². The Morgan fingerprint density at radius 1 is 1.23 bits per heavy atom. The van der Waals surface area contributed by atoms with E-state index in [0.29, 0.717) is 11.0 Å². The lowest BCUT2D eigenvalue weighted by Crippen LogP contribution is -2.41. The van der Waals surface area contributed by atoms with Gasteiger partial charge in [0.15, 0.2) is 0 Å². The maximum atomic E-state index is 13.9. The van der Waals surface area contributed by atoms with E-state index in [9.17, 15) is 14.0 Å². The van der Waals surface area contributed by atoms with Crippen molar-refractivity contribution in [1.29, 1.82) is 0 Å². The summed E-state index contributed by atoms with van der Waals surface area (Å²) in [4.78, 5) is 22.2. The van der Waals surface area contributed by atoms with Crippen molar-refractivity contribution < 1.29 is 28.4 Å². The van der Waals surface area contributed by atoms with Crippen LogP contribution in [0.4, 0.5) is 4.39 Å². The minimum atomic E-state index is -1.33. The summed E-state index contributed by atoms with van der Waals surface area (Å²) in [5, 5.41) is 11.6. The molecule has 1 heterocycles. The van der Waals surface area contributed by atoms with E-state index in [1.54, 1.807) is 6.08 Å². The van der Waals surface area contributed by atoms with Gasteiger partial charge in [-0.1, -0.05) is 12.1 Å². The summed E-state index contributed by atoms with van der Waals surface area (Å²) in [6.45, 7) is 9.18. The summed E-state index contributed by atoms with van der Waals surface area (Å²) >= 11 is 0. The van der Waals surface area contributed by atoms with E-state index in [-0.39, 0.29) is 12.5 Å². The molecule has 0 atom stereocenters. The molecule has 0 unspecified atom stereocenters. The molecule has 0 aliphatic carbocycles. The minimum Gasteiger partial charge on any atom is -0.478 e. The number of nitrogens with one attached hydrogen (secondary N) is 1. The quantitative estimate of drug-likeness (QED) is 0.786. The number of benzene rings is 1. The Morgan fingerprint density at radius 2 is 1.81 bits per heavy atom. The van der Waals surface area contributed by atoms with Crippen molar-refractivity contribution in [3.05, 3.63) is 40.6 Å². The summed E-state index contributed by atoms with van der Waals surface area (Å²) in [6, 6.07) is 3.82. The molecule has 0 radical (unpaired) electrons. The number of carbonyl (C=O) groups excluding carboxylic acids is 1. The Hall–Kier alpha value is -2.19. The lowest BCUT2D eigenvalue weighted by molar-refractivity contribution is -0.118. The number of rotatable bonds is 5. The second-order valence-corrected chi connectivity index (χ2v) is 7.26. The fourth-order valence-corrected chi connectivity index (χ4v) is 2.43. The van der Waals surface area contributed by atoms with E-state index in [0.717, 1.165) is 6.07 Å². The maximum Gasteiger partial charge on any atom is 0.492 e. The van der Waals surface area contributed by atoms with Crippen molar-refractivity contribution in [2.75, 3.05) is 6.54 Å². The first-order valence-corrected chi connectivity index (χ1v) is 8.26. The molecule has 8 heteroatoms. The monoisotopic (exact) mass is 363 g/mol. The van der Waals surface area contributed by atoms with Gasteiger partial charge in [-0.05, 0) is 50.9 Å². The predicted molar refractivity (Wildman–Crippen MR) is 96.1 cm³/mol. The summed E-state index contributed by atoms with van der Waals surface area (Å²) in [7, 11) is -0.714. The van der Waals surface area contributed by atoms with E-state index in [4.69, 9.17) is 14.4 Å². The lowest BCUT2D eigenvalue weighted by Gasteiger charge is -2.32. The van der Waals surface area contributed by atoms with E-state index in [1.807, 2.05) is 27.7 Å².